The summed E-state index contributed by atoms with van der Waals surface area (Å²) in [5, 5.41) is 10.0. The van der Waals surface area contributed by atoms with E-state index < -0.39 is 15.7 Å². The average molecular weight is 497 g/mol. The summed E-state index contributed by atoms with van der Waals surface area (Å²) in [4.78, 5) is 4.13. The number of halogens is 2. The van der Waals surface area contributed by atoms with Gasteiger partial charge in [0.2, 0.25) is 0 Å². The van der Waals surface area contributed by atoms with Crippen molar-refractivity contribution >= 4 is 51.1 Å². The number of thiophene rings is 1. The van der Waals surface area contributed by atoms with Crippen LogP contribution in [-0.4, -0.2) is 33.2 Å². The summed E-state index contributed by atoms with van der Waals surface area (Å²) in [6.07, 6.45) is 0. The third kappa shape index (κ3) is 6.90. The lowest BCUT2D eigenvalue weighted by atomic mass is 10.3. The Hall–Kier alpha value is -1.20. The molecule has 0 amide bonds. The van der Waals surface area contributed by atoms with E-state index in [1.54, 1.807) is 11.3 Å². The molecule has 0 aliphatic carbocycles. The zero-order valence-corrected chi connectivity index (χ0v) is 17.7. The third-order valence-corrected chi connectivity index (χ3v) is 5.65. The van der Waals surface area contributed by atoms with Crippen LogP contribution in [0.1, 0.15) is 12.5 Å². The molecule has 0 radical (unpaired) electrons. The van der Waals surface area contributed by atoms with E-state index in [0.717, 1.165) is 11.6 Å². The van der Waals surface area contributed by atoms with Gasteiger partial charge in [-0.3, -0.25) is 0 Å². The van der Waals surface area contributed by atoms with Crippen LogP contribution in [0.3, 0.4) is 0 Å². The minimum absolute atomic E-state index is 0. The Labute approximate surface area is 168 Å². The van der Waals surface area contributed by atoms with Crippen LogP contribution in [0.4, 0.5) is 4.39 Å². The maximum atomic E-state index is 13.6. The molecule has 1 aromatic heterocycles. The Morgan fingerprint density at radius 2 is 2.00 bits per heavy atom. The monoisotopic (exact) mass is 497 g/mol. The van der Waals surface area contributed by atoms with E-state index >= 15 is 0 Å². The molecule has 25 heavy (non-hydrogen) atoms. The Bertz CT molecular complexity index is 780. The maximum Gasteiger partial charge on any atom is 0.191 e. The lowest BCUT2D eigenvalue weighted by Gasteiger charge is -2.11. The molecular weight excluding hydrogens is 476 g/mol. The molecule has 9 heteroatoms. The largest absolute Gasteiger partial charge is 0.357 e. The van der Waals surface area contributed by atoms with Crippen LogP contribution in [0.5, 0.6) is 0 Å². The summed E-state index contributed by atoms with van der Waals surface area (Å²) in [6, 6.07) is 7.39. The molecule has 0 fully saturated rings. The van der Waals surface area contributed by atoms with Crippen LogP contribution in [0.25, 0.3) is 0 Å². The molecular formula is C16H21FIN3O2S2. The van der Waals surface area contributed by atoms with Crippen LogP contribution < -0.4 is 10.6 Å². The smallest absolute Gasteiger partial charge is 0.191 e. The fraction of sp³-hybridized carbons (Fsp3) is 0.312. The van der Waals surface area contributed by atoms with Crippen LogP contribution in [0.15, 0.2) is 51.0 Å². The minimum atomic E-state index is -3.68. The minimum Gasteiger partial charge on any atom is -0.357 e. The van der Waals surface area contributed by atoms with Crippen molar-refractivity contribution in [1.29, 1.82) is 0 Å². The van der Waals surface area contributed by atoms with Crippen molar-refractivity contribution in [1.82, 2.24) is 10.6 Å². The first-order valence-corrected chi connectivity index (χ1v) is 10.1. The van der Waals surface area contributed by atoms with Gasteiger partial charge in [0, 0.05) is 13.1 Å². The van der Waals surface area contributed by atoms with Gasteiger partial charge in [0.15, 0.2) is 15.8 Å². The van der Waals surface area contributed by atoms with E-state index in [1.165, 1.54) is 18.2 Å². The average Bonchev–Trinajstić information content (AvgIpc) is 3.06. The first kappa shape index (κ1) is 21.8. The van der Waals surface area contributed by atoms with Gasteiger partial charge in [0.25, 0.3) is 0 Å². The van der Waals surface area contributed by atoms with Gasteiger partial charge in [0.1, 0.15) is 10.7 Å². The Morgan fingerprint density at radius 1 is 1.24 bits per heavy atom. The van der Waals surface area contributed by atoms with Crippen LogP contribution in [0.2, 0.25) is 0 Å². The number of hydrogen-bond acceptors (Lipinski definition) is 4. The van der Waals surface area contributed by atoms with Gasteiger partial charge >= 0.3 is 0 Å². The normalized spacial score (nSPS) is 11.7. The van der Waals surface area contributed by atoms with Crippen molar-refractivity contribution in [3.8, 4) is 0 Å². The molecule has 2 aromatic rings. The second-order valence-electron chi connectivity index (χ2n) is 5.00. The molecule has 2 N–H and O–H groups in total. The highest BCUT2D eigenvalue weighted by Crippen LogP contribution is 2.14. The summed E-state index contributed by atoms with van der Waals surface area (Å²) in [6.45, 7) is 3.25. The SMILES string of the molecule is CCNC(=NCc1ccsc1)NCCS(=O)(=O)c1ccccc1F.I. The Kier molecular flexibility index (Phi) is 9.36. The summed E-state index contributed by atoms with van der Waals surface area (Å²) >= 11 is 1.60. The maximum absolute atomic E-state index is 13.6. The number of sulfone groups is 1. The van der Waals surface area contributed by atoms with E-state index in [2.05, 4.69) is 15.6 Å². The highest BCUT2D eigenvalue weighted by atomic mass is 127. The molecule has 0 spiro atoms. The van der Waals surface area contributed by atoms with Gasteiger partial charge in [-0.25, -0.2) is 17.8 Å². The molecule has 0 saturated carbocycles. The predicted molar refractivity (Wildman–Crippen MR) is 111 cm³/mol. The van der Waals surface area contributed by atoms with Crippen molar-refractivity contribution in [3.05, 3.63) is 52.5 Å². The third-order valence-electron chi connectivity index (χ3n) is 3.18. The zero-order valence-electron chi connectivity index (χ0n) is 13.7. The molecule has 0 unspecified atom stereocenters. The quantitative estimate of drug-likeness (QED) is 0.351. The van der Waals surface area contributed by atoms with Gasteiger partial charge in [0.05, 0.1) is 12.3 Å². The van der Waals surface area contributed by atoms with Gasteiger partial charge in [-0.05, 0) is 41.4 Å². The first-order chi connectivity index (χ1) is 11.5. The molecule has 5 nitrogen and oxygen atoms in total. The molecule has 138 valence electrons. The standard InChI is InChI=1S/C16H20FN3O2S2.HI/c1-2-18-16(20-11-13-7-9-23-12-13)19-8-10-24(21,22)15-6-4-3-5-14(15)17;/h3-7,9,12H,2,8,10-11H2,1H3,(H2,18,19,20);1H. The number of rotatable bonds is 7. The van der Waals surface area contributed by atoms with Gasteiger partial charge in [-0.2, -0.15) is 11.3 Å². The number of nitrogens with one attached hydrogen (secondary N) is 2. The number of hydrogen-bond donors (Lipinski definition) is 2. The Morgan fingerprint density at radius 3 is 2.64 bits per heavy atom. The van der Waals surface area contributed by atoms with Crippen LogP contribution >= 0.6 is 35.3 Å². The van der Waals surface area contributed by atoms with Crippen molar-refractivity contribution < 1.29 is 12.8 Å². The summed E-state index contributed by atoms with van der Waals surface area (Å²) in [7, 11) is -3.68. The molecule has 0 atom stereocenters. The van der Waals surface area contributed by atoms with Gasteiger partial charge in [-0.1, -0.05) is 12.1 Å². The van der Waals surface area contributed by atoms with Crippen molar-refractivity contribution in [3.63, 3.8) is 0 Å². The summed E-state index contributed by atoms with van der Waals surface area (Å²) in [5.41, 5.74) is 1.09. The lowest BCUT2D eigenvalue weighted by molar-refractivity contribution is 0.566. The second-order valence-corrected chi connectivity index (χ2v) is 7.86. The number of benzene rings is 1. The van der Waals surface area contributed by atoms with E-state index in [4.69, 9.17) is 0 Å². The molecule has 1 aromatic carbocycles. The topological polar surface area (TPSA) is 70.6 Å². The van der Waals surface area contributed by atoms with Crippen molar-refractivity contribution in [2.45, 2.75) is 18.4 Å². The zero-order chi connectivity index (χ0) is 17.4. The second kappa shape index (κ2) is 10.7. The van der Waals surface area contributed by atoms with Gasteiger partial charge < -0.3 is 10.6 Å². The predicted octanol–water partition coefficient (Wildman–Crippen LogP) is 3.03. The molecule has 0 bridgehead atoms. The van der Waals surface area contributed by atoms with E-state index in [1.807, 2.05) is 23.8 Å². The van der Waals surface area contributed by atoms with E-state index in [-0.39, 0.29) is 41.2 Å². The highest BCUT2D eigenvalue weighted by molar-refractivity contribution is 14.0. The van der Waals surface area contributed by atoms with Crippen LogP contribution in [0, 0.1) is 5.82 Å². The van der Waals surface area contributed by atoms with E-state index in [9.17, 15) is 12.8 Å². The number of guanidine groups is 1. The molecule has 2 rings (SSSR count). The highest BCUT2D eigenvalue weighted by Gasteiger charge is 2.18. The van der Waals surface area contributed by atoms with E-state index in [0.29, 0.717) is 19.0 Å². The molecule has 0 saturated heterocycles. The first-order valence-electron chi connectivity index (χ1n) is 7.53. The molecule has 1 heterocycles. The lowest BCUT2D eigenvalue weighted by Crippen LogP contribution is -2.39. The fourth-order valence-corrected chi connectivity index (χ4v) is 3.91. The van der Waals surface area contributed by atoms with Crippen LogP contribution in [-0.2, 0) is 16.4 Å². The Balaban J connectivity index is 0.00000312. The van der Waals surface area contributed by atoms with Crippen molar-refractivity contribution in [2.24, 2.45) is 4.99 Å². The summed E-state index contributed by atoms with van der Waals surface area (Å²) in [5.74, 6) is -0.403. The fourth-order valence-electron chi connectivity index (χ4n) is 2.01. The molecule has 0 aliphatic rings. The molecule has 0 aliphatic heterocycles. The number of aliphatic imine (C=N–C) groups is 1. The van der Waals surface area contributed by atoms with Crippen molar-refractivity contribution in [2.75, 3.05) is 18.8 Å². The summed E-state index contributed by atoms with van der Waals surface area (Å²) < 4.78 is 38.0. The number of nitrogens with zero attached hydrogens (tertiary/aromatic N) is 1. The van der Waals surface area contributed by atoms with Gasteiger partial charge in [-0.15, -0.1) is 24.0 Å².